The molecule has 4 rings (SSSR count). The number of nitrogens with one attached hydrogen (secondary N) is 2. The summed E-state index contributed by atoms with van der Waals surface area (Å²) in [5.41, 5.74) is 3.18. The Labute approximate surface area is 169 Å². The number of hydrogen-bond acceptors (Lipinski definition) is 6. The summed E-state index contributed by atoms with van der Waals surface area (Å²) in [4.78, 5) is 4.45. The highest BCUT2D eigenvalue weighted by Crippen LogP contribution is 2.20. The summed E-state index contributed by atoms with van der Waals surface area (Å²) >= 11 is 0. The van der Waals surface area contributed by atoms with E-state index >= 15 is 0 Å². The van der Waals surface area contributed by atoms with Gasteiger partial charge in [-0.2, -0.15) is 10.1 Å². The second-order valence-corrected chi connectivity index (χ2v) is 6.43. The van der Waals surface area contributed by atoms with Crippen molar-refractivity contribution in [1.82, 2.24) is 15.2 Å². The van der Waals surface area contributed by atoms with Crippen LogP contribution >= 0.6 is 0 Å². The van der Waals surface area contributed by atoms with Crippen LogP contribution in [0.25, 0.3) is 0 Å². The van der Waals surface area contributed by atoms with E-state index in [1.807, 2.05) is 84.9 Å². The molecule has 0 radical (unpaired) electrons. The van der Waals surface area contributed by atoms with Gasteiger partial charge in [-0.05, 0) is 35.4 Å². The molecular formula is C23H21N5O. The van der Waals surface area contributed by atoms with Crippen molar-refractivity contribution in [3.05, 3.63) is 102 Å². The Kier molecular flexibility index (Phi) is 5.93. The third-order valence-electron chi connectivity index (χ3n) is 4.23. The number of rotatable bonds is 8. The molecule has 0 aliphatic rings. The van der Waals surface area contributed by atoms with Crippen LogP contribution in [0.4, 0.5) is 17.5 Å². The molecule has 3 aromatic carbocycles. The molecule has 0 atom stereocenters. The molecule has 0 saturated heterocycles. The summed E-state index contributed by atoms with van der Waals surface area (Å²) < 4.78 is 5.81. The van der Waals surface area contributed by atoms with Crippen molar-refractivity contribution in [3.8, 4) is 5.75 Å². The van der Waals surface area contributed by atoms with Gasteiger partial charge < -0.3 is 15.4 Å². The van der Waals surface area contributed by atoms with Crippen molar-refractivity contribution in [3.63, 3.8) is 0 Å². The van der Waals surface area contributed by atoms with Gasteiger partial charge in [0.1, 0.15) is 12.4 Å². The van der Waals surface area contributed by atoms with Crippen LogP contribution in [0.2, 0.25) is 0 Å². The minimum atomic E-state index is 0.474. The molecule has 1 aromatic heterocycles. The van der Waals surface area contributed by atoms with E-state index < -0.39 is 0 Å². The largest absolute Gasteiger partial charge is 0.489 e. The molecule has 6 heteroatoms. The highest BCUT2D eigenvalue weighted by atomic mass is 16.5. The maximum Gasteiger partial charge on any atom is 0.244 e. The van der Waals surface area contributed by atoms with Crippen molar-refractivity contribution in [2.24, 2.45) is 0 Å². The molecule has 6 nitrogen and oxygen atoms in total. The van der Waals surface area contributed by atoms with E-state index in [0.717, 1.165) is 22.6 Å². The standard InChI is InChI=1S/C23H21N5O/c1-3-7-18(8-4-1)15-24-23-27-22(16-25-28-23)26-20-11-13-21(14-12-20)29-17-19-9-5-2-6-10-19/h1-14,16H,15,17H2,(H2,24,26,27,28). The predicted molar refractivity (Wildman–Crippen MR) is 114 cm³/mol. The molecule has 0 amide bonds. The van der Waals surface area contributed by atoms with Crippen LogP contribution in [0, 0.1) is 0 Å². The van der Waals surface area contributed by atoms with E-state index in [1.54, 1.807) is 6.20 Å². The van der Waals surface area contributed by atoms with E-state index in [4.69, 9.17) is 4.74 Å². The predicted octanol–water partition coefficient (Wildman–Crippen LogP) is 4.81. The molecule has 1 heterocycles. The van der Waals surface area contributed by atoms with E-state index in [9.17, 15) is 0 Å². The van der Waals surface area contributed by atoms with E-state index in [0.29, 0.717) is 24.9 Å². The number of benzene rings is 3. The minimum Gasteiger partial charge on any atom is -0.489 e. The lowest BCUT2D eigenvalue weighted by Crippen LogP contribution is -2.06. The van der Waals surface area contributed by atoms with Crippen LogP contribution in [0.5, 0.6) is 5.75 Å². The summed E-state index contributed by atoms with van der Waals surface area (Å²) in [5.74, 6) is 1.90. The Morgan fingerprint density at radius 2 is 1.45 bits per heavy atom. The van der Waals surface area contributed by atoms with E-state index in [2.05, 4.69) is 25.8 Å². The Bertz CT molecular complexity index is 1020. The van der Waals surface area contributed by atoms with Gasteiger partial charge >= 0.3 is 0 Å². The molecule has 0 unspecified atom stereocenters. The summed E-state index contributed by atoms with van der Waals surface area (Å²) in [6, 6.07) is 27.9. The van der Waals surface area contributed by atoms with Crippen LogP contribution < -0.4 is 15.4 Å². The van der Waals surface area contributed by atoms with Crippen molar-refractivity contribution in [2.75, 3.05) is 10.6 Å². The molecule has 4 aromatic rings. The molecular weight excluding hydrogens is 362 g/mol. The van der Waals surface area contributed by atoms with Gasteiger partial charge in [0.05, 0.1) is 6.20 Å². The topological polar surface area (TPSA) is 72.0 Å². The summed E-state index contributed by atoms with van der Waals surface area (Å²) in [6.07, 6.45) is 1.59. The third-order valence-corrected chi connectivity index (χ3v) is 4.23. The van der Waals surface area contributed by atoms with Gasteiger partial charge in [-0.25, -0.2) is 0 Å². The molecule has 0 saturated carbocycles. The van der Waals surface area contributed by atoms with Gasteiger partial charge in [0.15, 0.2) is 5.82 Å². The fourth-order valence-electron chi connectivity index (χ4n) is 2.74. The SMILES string of the molecule is c1ccc(CNc2nncc(Nc3ccc(OCc4ccccc4)cc3)n2)cc1. The number of aromatic nitrogens is 3. The van der Waals surface area contributed by atoms with Gasteiger partial charge in [0.2, 0.25) is 5.95 Å². The summed E-state index contributed by atoms with van der Waals surface area (Å²) in [7, 11) is 0. The molecule has 0 aliphatic heterocycles. The quantitative estimate of drug-likeness (QED) is 0.455. The van der Waals surface area contributed by atoms with Gasteiger partial charge in [-0.1, -0.05) is 60.7 Å². The smallest absolute Gasteiger partial charge is 0.244 e. The lowest BCUT2D eigenvalue weighted by atomic mass is 10.2. The molecule has 2 N–H and O–H groups in total. The second kappa shape index (κ2) is 9.32. The highest BCUT2D eigenvalue weighted by Gasteiger charge is 2.02. The first-order valence-corrected chi connectivity index (χ1v) is 9.36. The lowest BCUT2D eigenvalue weighted by Gasteiger charge is -2.09. The summed E-state index contributed by atoms with van der Waals surface area (Å²) in [5, 5.41) is 14.5. The molecule has 0 bridgehead atoms. The number of anilines is 3. The number of nitrogens with zero attached hydrogens (tertiary/aromatic N) is 3. The lowest BCUT2D eigenvalue weighted by molar-refractivity contribution is 0.306. The van der Waals surface area contributed by atoms with Crippen molar-refractivity contribution >= 4 is 17.5 Å². The molecule has 0 spiro atoms. The van der Waals surface area contributed by atoms with Crippen molar-refractivity contribution in [1.29, 1.82) is 0 Å². The molecule has 144 valence electrons. The second-order valence-electron chi connectivity index (χ2n) is 6.43. The van der Waals surface area contributed by atoms with E-state index in [1.165, 1.54) is 0 Å². The van der Waals surface area contributed by atoms with Gasteiger partial charge in [0, 0.05) is 12.2 Å². The minimum absolute atomic E-state index is 0.474. The average Bonchev–Trinajstić information content (AvgIpc) is 2.79. The zero-order valence-corrected chi connectivity index (χ0v) is 15.8. The monoisotopic (exact) mass is 383 g/mol. The number of ether oxygens (including phenoxy) is 1. The van der Waals surface area contributed by atoms with Crippen molar-refractivity contribution in [2.45, 2.75) is 13.2 Å². The van der Waals surface area contributed by atoms with Gasteiger partial charge in [-0.3, -0.25) is 0 Å². The molecule has 0 aliphatic carbocycles. The average molecular weight is 383 g/mol. The van der Waals surface area contributed by atoms with Crippen LogP contribution in [-0.4, -0.2) is 15.2 Å². The molecule has 29 heavy (non-hydrogen) atoms. The zero-order chi connectivity index (χ0) is 19.7. The first-order chi connectivity index (χ1) is 14.3. The maximum absolute atomic E-state index is 5.81. The Balaban J connectivity index is 1.33. The van der Waals surface area contributed by atoms with Gasteiger partial charge in [0.25, 0.3) is 0 Å². The first kappa shape index (κ1) is 18.4. The van der Waals surface area contributed by atoms with Crippen LogP contribution in [0.3, 0.4) is 0 Å². The fourth-order valence-corrected chi connectivity index (χ4v) is 2.74. The van der Waals surface area contributed by atoms with E-state index in [-0.39, 0.29) is 0 Å². The highest BCUT2D eigenvalue weighted by molar-refractivity contribution is 5.57. The normalized spacial score (nSPS) is 10.3. The Hall–Kier alpha value is -3.93. The fraction of sp³-hybridized carbons (Fsp3) is 0.0870. The van der Waals surface area contributed by atoms with Crippen LogP contribution in [0.1, 0.15) is 11.1 Å². The number of hydrogen-bond donors (Lipinski definition) is 2. The Morgan fingerprint density at radius 1 is 0.759 bits per heavy atom. The van der Waals surface area contributed by atoms with Crippen LogP contribution in [-0.2, 0) is 13.2 Å². The van der Waals surface area contributed by atoms with Gasteiger partial charge in [-0.15, -0.1) is 5.10 Å². The maximum atomic E-state index is 5.81. The van der Waals surface area contributed by atoms with Crippen molar-refractivity contribution < 1.29 is 4.74 Å². The van der Waals surface area contributed by atoms with Crippen LogP contribution in [0.15, 0.2) is 91.1 Å². The Morgan fingerprint density at radius 3 is 2.17 bits per heavy atom. The first-order valence-electron chi connectivity index (χ1n) is 9.36. The zero-order valence-electron chi connectivity index (χ0n) is 15.8. The summed E-state index contributed by atoms with van der Waals surface area (Å²) in [6.45, 7) is 1.18. The molecule has 0 fully saturated rings. The third kappa shape index (κ3) is 5.52.